The lowest BCUT2D eigenvalue weighted by Crippen LogP contribution is -2.49. The quantitative estimate of drug-likeness (QED) is 0.433. The molecule has 1 aromatic carbocycles. The van der Waals surface area contributed by atoms with Crippen LogP contribution in [0, 0.1) is 12.8 Å². The van der Waals surface area contributed by atoms with Crippen molar-refractivity contribution in [3.63, 3.8) is 0 Å². The largest absolute Gasteiger partial charge is 0.445 e. The Morgan fingerprint density at radius 2 is 2.17 bits per heavy atom. The molecule has 0 spiro atoms. The van der Waals surface area contributed by atoms with Gasteiger partial charge in [0.25, 0.3) is 0 Å². The van der Waals surface area contributed by atoms with Gasteiger partial charge in [-0.25, -0.2) is 15.0 Å². The van der Waals surface area contributed by atoms with E-state index in [0.29, 0.717) is 19.5 Å². The van der Waals surface area contributed by atoms with Gasteiger partial charge < -0.3 is 20.4 Å². The van der Waals surface area contributed by atoms with Crippen LogP contribution in [0.2, 0.25) is 0 Å². The third kappa shape index (κ3) is 5.31. The monoisotopic (exact) mass is 354 g/mol. The number of halogens is 1. The average molecular weight is 354 g/mol. The number of benzene rings is 1. The number of amides is 1. The van der Waals surface area contributed by atoms with Crippen molar-refractivity contribution >= 4 is 23.4 Å². The van der Waals surface area contributed by atoms with Crippen LogP contribution < -0.4 is 16.6 Å². The number of nitrogens with one attached hydrogen (secondary N) is 2. The number of aryl methyl sites for hydroxylation is 1. The molecule has 0 aromatic heterocycles. The van der Waals surface area contributed by atoms with Gasteiger partial charge in [-0.3, -0.25) is 0 Å². The maximum Gasteiger partial charge on any atom is 0.410 e. The molecule has 1 fully saturated rings. The molecule has 1 amide bonds. The Labute approximate surface area is 146 Å². The normalized spacial score (nSPS) is 20.4. The summed E-state index contributed by atoms with van der Waals surface area (Å²) in [5, 5.41) is 3.13. The standard InChI is InChI=1S/C16H23FN4O2S/c1-11-2-4-12(5-3-11)10-23-16(22)21-7-6-13(14(17)9-21)8-19-15(24)20-18/h2-5,13-14H,6-10,18H2,1H3,(H2,19,20,24)/t13-,14-/m0/s1. The minimum absolute atomic E-state index is 0.0297. The summed E-state index contributed by atoms with van der Waals surface area (Å²) in [7, 11) is 0. The highest BCUT2D eigenvalue weighted by atomic mass is 32.1. The number of alkyl halides is 1. The van der Waals surface area contributed by atoms with Crippen molar-refractivity contribution in [2.75, 3.05) is 19.6 Å². The van der Waals surface area contributed by atoms with E-state index in [1.807, 2.05) is 31.2 Å². The molecule has 2 atom stereocenters. The van der Waals surface area contributed by atoms with Crippen molar-refractivity contribution in [2.45, 2.75) is 26.1 Å². The van der Waals surface area contributed by atoms with Crippen molar-refractivity contribution in [3.05, 3.63) is 35.4 Å². The molecule has 1 aliphatic heterocycles. The Kier molecular flexibility index (Phi) is 6.74. The van der Waals surface area contributed by atoms with E-state index >= 15 is 0 Å². The number of rotatable bonds is 4. The summed E-state index contributed by atoms with van der Waals surface area (Å²) in [4.78, 5) is 13.5. The first-order valence-corrected chi connectivity index (χ1v) is 8.26. The first kappa shape index (κ1) is 18.4. The molecule has 0 bridgehead atoms. The number of thiocarbonyl (C=S) groups is 1. The molecular weight excluding hydrogens is 331 g/mol. The van der Waals surface area contributed by atoms with Crippen LogP contribution in [0.5, 0.6) is 0 Å². The fourth-order valence-electron chi connectivity index (χ4n) is 2.54. The zero-order valence-corrected chi connectivity index (χ0v) is 14.4. The van der Waals surface area contributed by atoms with Gasteiger partial charge in [-0.2, -0.15) is 0 Å². The van der Waals surface area contributed by atoms with Crippen LogP contribution in [0.4, 0.5) is 9.18 Å². The molecule has 0 aliphatic carbocycles. The van der Waals surface area contributed by atoms with Crippen LogP contribution in [-0.4, -0.2) is 41.9 Å². The lowest BCUT2D eigenvalue weighted by molar-refractivity contribution is 0.0526. The maximum absolute atomic E-state index is 14.2. The zero-order chi connectivity index (χ0) is 17.5. The Balaban J connectivity index is 1.76. The van der Waals surface area contributed by atoms with Crippen molar-refractivity contribution in [1.29, 1.82) is 0 Å². The summed E-state index contributed by atoms with van der Waals surface area (Å²) in [6.07, 6.45) is -1.07. The van der Waals surface area contributed by atoms with E-state index in [2.05, 4.69) is 10.7 Å². The predicted molar refractivity (Wildman–Crippen MR) is 93.9 cm³/mol. The average Bonchev–Trinajstić information content (AvgIpc) is 2.59. The van der Waals surface area contributed by atoms with Crippen LogP contribution in [0.3, 0.4) is 0 Å². The number of carbonyl (C=O) groups is 1. The Morgan fingerprint density at radius 3 is 2.79 bits per heavy atom. The van der Waals surface area contributed by atoms with Gasteiger partial charge in [0.1, 0.15) is 12.8 Å². The molecule has 0 unspecified atom stereocenters. The molecule has 8 heteroatoms. The van der Waals surface area contributed by atoms with Crippen LogP contribution in [0.15, 0.2) is 24.3 Å². The molecule has 1 aromatic rings. The fourth-order valence-corrected chi connectivity index (χ4v) is 2.63. The zero-order valence-electron chi connectivity index (χ0n) is 13.6. The summed E-state index contributed by atoms with van der Waals surface area (Å²) >= 11 is 4.86. The van der Waals surface area contributed by atoms with Crippen molar-refractivity contribution in [3.8, 4) is 0 Å². The lowest BCUT2D eigenvalue weighted by Gasteiger charge is -2.34. The predicted octanol–water partition coefficient (Wildman–Crippen LogP) is 1.63. The topological polar surface area (TPSA) is 79.6 Å². The van der Waals surface area contributed by atoms with Gasteiger partial charge in [0.05, 0.1) is 6.54 Å². The second-order valence-electron chi connectivity index (χ2n) is 5.91. The highest BCUT2D eigenvalue weighted by molar-refractivity contribution is 7.80. The van der Waals surface area contributed by atoms with Crippen LogP contribution >= 0.6 is 12.2 Å². The van der Waals surface area contributed by atoms with Gasteiger partial charge in [-0.05, 0) is 31.1 Å². The highest BCUT2D eigenvalue weighted by Crippen LogP contribution is 2.21. The Bertz CT molecular complexity index is 570. The molecule has 0 saturated carbocycles. The molecule has 0 radical (unpaired) electrons. The van der Waals surface area contributed by atoms with Gasteiger partial charge >= 0.3 is 6.09 Å². The summed E-state index contributed by atoms with van der Waals surface area (Å²) in [6.45, 7) is 3.06. The maximum atomic E-state index is 14.2. The molecule has 6 nitrogen and oxygen atoms in total. The number of nitrogens with two attached hydrogens (primary N) is 1. The number of hydrogen-bond acceptors (Lipinski definition) is 4. The van der Waals surface area contributed by atoms with Crippen LogP contribution in [-0.2, 0) is 11.3 Å². The van der Waals surface area contributed by atoms with E-state index in [0.717, 1.165) is 11.1 Å². The van der Waals surface area contributed by atoms with Crippen molar-refractivity contribution in [1.82, 2.24) is 15.6 Å². The molecule has 1 heterocycles. The van der Waals surface area contributed by atoms with E-state index in [-0.39, 0.29) is 24.2 Å². The molecule has 4 N–H and O–H groups in total. The molecule has 2 rings (SSSR count). The van der Waals surface area contributed by atoms with E-state index < -0.39 is 12.3 Å². The summed E-state index contributed by atoms with van der Waals surface area (Å²) in [5.41, 5.74) is 4.35. The van der Waals surface area contributed by atoms with E-state index in [1.54, 1.807) is 0 Å². The first-order valence-electron chi connectivity index (χ1n) is 7.85. The van der Waals surface area contributed by atoms with Gasteiger partial charge in [-0.15, -0.1) is 0 Å². The van der Waals surface area contributed by atoms with Crippen LogP contribution in [0.1, 0.15) is 17.5 Å². The van der Waals surface area contributed by atoms with Crippen molar-refractivity contribution in [2.24, 2.45) is 11.8 Å². The highest BCUT2D eigenvalue weighted by Gasteiger charge is 2.32. The summed E-state index contributed by atoms with van der Waals surface area (Å²) in [5.74, 6) is 4.95. The van der Waals surface area contributed by atoms with E-state index in [9.17, 15) is 9.18 Å². The fraction of sp³-hybridized carbons (Fsp3) is 0.500. The number of carbonyl (C=O) groups excluding carboxylic acids is 1. The summed E-state index contributed by atoms with van der Waals surface area (Å²) in [6, 6.07) is 7.74. The number of piperidine rings is 1. The molecule has 24 heavy (non-hydrogen) atoms. The van der Waals surface area contributed by atoms with E-state index in [4.69, 9.17) is 22.8 Å². The second kappa shape index (κ2) is 8.79. The van der Waals surface area contributed by atoms with E-state index in [1.165, 1.54) is 4.90 Å². The van der Waals surface area contributed by atoms with Gasteiger partial charge in [-0.1, -0.05) is 29.8 Å². The minimum Gasteiger partial charge on any atom is -0.445 e. The summed E-state index contributed by atoms with van der Waals surface area (Å²) < 4.78 is 19.5. The number of ether oxygens (including phenoxy) is 1. The molecule has 1 saturated heterocycles. The smallest absolute Gasteiger partial charge is 0.410 e. The minimum atomic E-state index is -1.13. The van der Waals surface area contributed by atoms with Gasteiger partial charge in [0.2, 0.25) is 0 Å². The molecular formula is C16H23FN4O2S. The number of hydrogen-bond donors (Lipinski definition) is 3. The number of hydrazine groups is 1. The molecule has 1 aliphatic rings. The SMILES string of the molecule is Cc1ccc(COC(=O)N2CC[C@@H](CNC(=S)NN)[C@@H](F)C2)cc1. The third-order valence-corrected chi connectivity index (χ3v) is 4.34. The third-order valence-electron chi connectivity index (χ3n) is 4.07. The molecule has 132 valence electrons. The Morgan fingerprint density at radius 1 is 1.46 bits per heavy atom. The van der Waals surface area contributed by atoms with Gasteiger partial charge in [0.15, 0.2) is 5.11 Å². The Hall–Kier alpha value is -1.93. The first-order chi connectivity index (χ1) is 11.5. The number of nitrogens with zero attached hydrogens (tertiary/aromatic N) is 1. The number of likely N-dealkylation sites (tertiary alicyclic amines) is 1. The van der Waals surface area contributed by atoms with Crippen LogP contribution in [0.25, 0.3) is 0 Å². The lowest BCUT2D eigenvalue weighted by atomic mass is 9.95. The van der Waals surface area contributed by atoms with Crippen molar-refractivity contribution < 1.29 is 13.9 Å². The second-order valence-corrected chi connectivity index (χ2v) is 6.31. The van der Waals surface area contributed by atoms with Gasteiger partial charge in [0, 0.05) is 19.0 Å².